The standard InChI is InChI=1S/C33H53N3O7/c1-25(37)19-36(22-29(40)43-32(8,9)10)33(18-26-14-12-11-13-15-26)23-34(20-27(38)41-30(2,3)4)16-17-35(24-33)21-28(39)42-31(5,6)7/h11-15H,16-24H2,1-10H3. The molecule has 0 N–H and O–H groups in total. The highest BCUT2D eigenvalue weighted by molar-refractivity contribution is 5.79. The van der Waals surface area contributed by atoms with Gasteiger partial charge in [-0.1, -0.05) is 30.3 Å². The van der Waals surface area contributed by atoms with Crippen LogP contribution in [0, 0.1) is 0 Å². The molecule has 0 aliphatic carbocycles. The van der Waals surface area contributed by atoms with Gasteiger partial charge in [-0.25, -0.2) is 0 Å². The lowest BCUT2D eigenvalue weighted by Gasteiger charge is -2.46. The molecule has 1 saturated heterocycles. The first kappa shape index (κ1) is 36.4. The summed E-state index contributed by atoms with van der Waals surface area (Å²) in [5.74, 6) is -1.31. The summed E-state index contributed by atoms with van der Waals surface area (Å²) in [5, 5.41) is 0. The molecule has 0 radical (unpaired) electrons. The maximum atomic E-state index is 13.3. The zero-order valence-corrected chi connectivity index (χ0v) is 28.0. The summed E-state index contributed by atoms with van der Waals surface area (Å²) in [6, 6.07) is 9.82. The van der Waals surface area contributed by atoms with E-state index in [1.807, 2.05) is 86.6 Å². The highest BCUT2D eigenvalue weighted by atomic mass is 16.6. The highest BCUT2D eigenvalue weighted by Crippen LogP contribution is 2.28. The molecule has 1 fully saturated rings. The molecule has 1 aromatic rings. The van der Waals surface area contributed by atoms with Crippen molar-refractivity contribution in [3.8, 4) is 0 Å². The Bertz CT molecular complexity index is 1060. The van der Waals surface area contributed by atoms with Crippen molar-refractivity contribution in [2.24, 2.45) is 0 Å². The van der Waals surface area contributed by atoms with Gasteiger partial charge in [0.15, 0.2) is 0 Å². The maximum absolute atomic E-state index is 13.3. The van der Waals surface area contributed by atoms with Crippen LogP contribution in [0.1, 0.15) is 74.8 Å². The van der Waals surface area contributed by atoms with Gasteiger partial charge in [-0.2, -0.15) is 0 Å². The van der Waals surface area contributed by atoms with Gasteiger partial charge in [0.1, 0.15) is 22.6 Å². The fourth-order valence-electron chi connectivity index (χ4n) is 5.30. The Morgan fingerprint density at radius 3 is 1.51 bits per heavy atom. The molecular formula is C33H53N3O7. The van der Waals surface area contributed by atoms with Gasteiger partial charge in [-0.3, -0.25) is 33.9 Å². The lowest BCUT2D eigenvalue weighted by atomic mass is 9.87. The zero-order chi connectivity index (χ0) is 32.6. The van der Waals surface area contributed by atoms with E-state index in [4.69, 9.17) is 14.2 Å². The van der Waals surface area contributed by atoms with Gasteiger partial charge >= 0.3 is 17.9 Å². The van der Waals surface area contributed by atoms with E-state index in [-0.39, 0.29) is 43.9 Å². The molecule has 1 aliphatic rings. The Balaban J connectivity index is 2.61. The average Bonchev–Trinajstić information content (AvgIpc) is 2.94. The van der Waals surface area contributed by atoms with Gasteiger partial charge in [0.05, 0.1) is 31.7 Å². The molecule has 0 amide bonds. The molecule has 10 nitrogen and oxygen atoms in total. The summed E-state index contributed by atoms with van der Waals surface area (Å²) in [5.41, 5.74) is -1.86. The molecule has 242 valence electrons. The van der Waals surface area contributed by atoms with E-state index in [9.17, 15) is 19.2 Å². The number of ether oxygens (including phenoxy) is 3. The summed E-state index contributed by atoms with van der Waals surface area (Å²) in [7, 11) is 0. The van der Waals surface area contributed by atoms with E-state index in [1.54, 1.807) is 20.8 Å². The quantitative estimate of drug-likeness (QED) is 0.276. The van der Waals surface area contributed by atoms with Gasteiger partial charge in [0.2, 0.25) is 0 Å². The van der Waals surface area contributed by atoms with Crippen LogP contribution in [0.3, 0.4) is 0 Å². The number of benzene rings is 1. The molecule has 43 heavy (non-hydrogen) atoms. The molecule has 0 saturated carbocycles. The second-order valence-corrected chi connectivity index (χ2v) is 14.6. The van der Waals surface area contributed by atoms with Crippen molar-refractivity contribution in [1.29, 1.82) is 0 Å². The predicted molar refractivity (Wildman–Crippen MR) is 166 cm³/mol. The minimum absolute atomic E-state index is 0.00731. The second kappa shape index (κ2) is 14.8. The van der Waals surface area contributed by atoms with Crippen molar-refractivity contribution in [2.45, 2.75) is 98.0 Å². The Hall–Kier alpha value is -2.82. The van der Waals surface area contributed by atoms with Crippen molar-refractivity contribution < 1.29 is 33.4 Å². The summed E-state index contributed by atoms with van der Waals surface area (Å²) < 4.78 is 17.0. The smallest absolute Gasteiger partial charge is 0.320 e. The van der Waals surface area contributed by atoms with Crippen LogP contribution in [0.15, 0.2) is 30.3 Å². The molecule has 0 unspecified atom stereocenters. The first-order valence-electron chi connectivity index (χ1n) is 15.0. The van der Waals surface area contributed by atoms with E-state index in [1.165, 1.54) is 6.92 Å². The van der Waals surface area contributed by atoms with Crippen molar-refractivity contribution in [2.75, 3.05) is 52.4 Å². The SMILES string of the molecule is CC(=O)CN(CC(=O)OC(C)(C)C)C1(Cc2ccccc2)CN(CC(=O)OC(C)(C)C)CCN(CC(=O)OC(C)(C)C)C1. The number of ketones is 1. The molecule has 1 aromatic carbocycles. The second-order valence-electron chi connectivity index (χ2n) is 14.6. The molecule has 2 rings (SSSR count). The molecule has 0 atom stereocenters. The third-order valence-corrected chi connectivity index (χ3v) is 6.51. The molecule has 0 spiro atoms. The summed E-state index contributed by atoms with van der Waals surface area (Å²) in [6.07, 6.45) is 0.458. The van der Waals surface area contributed by atoms with Crippen LogP contribution < -0.4 is 0 Å². The van der Waals surface area contributed by atoms with E-state index >= 15 is 0 Å². The van der Waals surface area contributed by atoms with Crippen LogP contribution in [-0.2, 0) is 39.8 Å². The number of carbonyl (C=O) groups is 4. The topological polar surface area (TPSA) is 106 Å². The summed E-state index contributed by atoms with van der Waals surface area (Å²) >= 11 is 0. The zero-order valence-electron chi connectivity index (χ0n) is 28.0. The number of carbonyl (C=O) groups excluding carboxylic acids is 4. The third-order valence-electron chi connectivity index (χ3n) is 6.51. The predicted octanol–water partition coefficient (Wildman–Crippen LogP) is 3.50. The Morgan fingerprint density at radius 1 is 0.698 bits per heavy atom. The lowest BCUT2D eigenvalue weighted by molar-refractivity contribution is -0.161. The third kappa shape index (κ3) is 14.0. The van der Waals surface area contributed by atoms with E-state index < -0.39 is 28.3 Å². The molecule has 0 bridgehead atoms. The largest absolute Gasteiger partial charge is 0.459 e. The van der Waals surface area contributed by atoms with Gasteiger partial charge < -0.3 is 14.2 Å². The van der Waals surface area contributed by atoms with E-state index in [0.29, 0.717) is 32.6 Å². The summed E-state index contributed by atoms with van der Waals surface area (Å²) in [4.78, 5) is 57.8. The molecule has 10 heteroatoms. The van der Waals surface area contributed by atoms with Crippen molar-refractivity contribution >= 4 is 23.7 Å². The van der Waals surface area contributed by atoms with Crippen molar-refractivity contribution in [1.82, 2.24) is 14.7 Å². The van der Waals surface area contributed by atoms with Crippen molar-refractivity contribution in [3.05, 3.63) is 35.9 Å². The molecule has 1 heterocycles. The van der Waals surface area contributed by atoms with Gasteiger partial charge in [0.25, 0.3) is 0 Å². The van der Waals surface area contributed by atoms with Gasteiger partial charge in [0, 0.05) is 26.2 Å². The monoisotopic (exact) mass is 603 g/mol. The molecule has 1 aliphatic heterocycles. The minimum Gasteiger partial charge on any atom is -0.459 e. The van der Waals surface area contributed by atoms with Crippen LogP contribution in [-0.4, -0.2) is 113 Å². The van der Waals surface area contributed by atoms with E-state index in [2.05, 4.69) is 0 Å². The number of hydrogen-bond acceptors (Lipinski definition) is 10. The average molecular weight is 604 g/mol. The van der Waals surface area contributed by atoms with Gasteiger partial charge in [-0.15, -0.1) is 0 Å². The molecular weight excluding hydrogens is 550 g/mol. The fraction of sp³-hybridized carbons (Fsp3) is 0.697. The number of Topliss-reactive ketones (excluding diaryl/α,β-unsaturated/α-hetero) is 1. The summed E-state index contributed by atoms with van der Waals surface area (Å²) in [6.45, 7) is 19.4. The first-order valence-corrected chi connectivity index (χ1v) is 15.0. The number of hydrogen-bond donors (Lipinski definition) is 0. The van der Waals surface area contributed by atoms with Crippen LogP contribution in [0.2, 0.25) is 0 Å². The van der Waals surface area contributed by atoms with Crippen molar-refractivity contribution in [3.63, 3.8) is 0 Å². The first-order chi connectivity index (χ1) is 19.6. The van der Waals surface area contributed by atoms with Crippen LogP contribution in [0.4, 0.5) is 0 Å². The number of esters is 3. The number of nitrogens with zero attached hydrogens (tertiary/aromatic N) is 3. The normalized spacial score (nSPS) is 16.8. The van der Waals surface area contributed by atoms with Gasteiger partial charge in [-0.05, 0) is 81.2 Å². The highest BCUT2D eigenvalue weighted by Gasteiger charge is 2.44. The van der Waals surface area contributed by atoms with Crippen LogP contribution in [0.25, 0.3) is 0 Å². The van der Waals surface area contributed by atoms with Crippen LogP contribution >= 0.6 is 0 Å². The minimum atomic E-state index is -0.857. The molecule has 0 aromatic heterocycles. The van der Waals surface area contributed by atoms with E-state index in [0.717, 1.165) is 5.56 Å². The Labute approximate surface area is 258 Å². The lowest BCUT2D eigenvalue weighted by Crippen LogP contribution is -2.63. The van der Waals surface area contributed by atoms with Crippen LogP contribution in [0.5, 0.6) is 0 Å². The maximum Gasteiger partial charge on any atom is 0.320 e. The number of rotatable bonds is 11. The fourth-order valence-corrected chi connectivity index (χ4v) is 5.30. The Kier molecular flexibility index (Phi) is 12.5. The Morgan fingerprint density at radius 2 is 1.12 bits per heavy atom.